The highest BCUT2D eigenvalue weighted by Crippen LogP contribution is 2.20. The number of imidazole rings is 1. The summed E-state index contributed by atoms with van der Waals surface area (Å²) in [6, 6.07) is 8.28. The molecule has 0 radical (unpaired) electrons. The van der Waals surface area contributed by atoms with Crippen molar-refractivity contribution in [2.24, 2.45) is 0 Å². The first kappa shape index (κ1) is 12.4. The van der Waals surface area contributed by atoms with Gasteiger partial charge in [-0.1, -0.05) is 24.3 Å². The van der Waals surface area contributed by atoms with Gasteiger partial charge >= 0.3 is 0 Å². The zero-order valence-electron chi connectivity index (χ0n) is 10.7. The van der Waals surface area contributed by atoms with E-state index in [1.807, 2.05) is 6.92 Å². The second kappa shape index (κ2) is 5.49. The number of ether oxygens (including phenoxy) is 1. The fourth-order valence-corrected chi connectivity index (χ4v) is 1.80. The molecule has 0 aliphatic heterocycles. The molecule has 0 unspecified atom stereocenters. The Morgan fingerprint density at radius 3 is 2.61 bits per heavy atom. The Balaban J connectivity index is 2.02. The van der Waals surface area contributed by atoms with Crippen molar-refractivity contribution in [1.82, 2.24) is 9.97 Å². The van der Waals surface area contributed by atoms with Crippen molar-refractivity contribution >= 4 is 5.90 Å². The summed E-state index contributed by atoms with van der Waals surface area (Å²) in [5.41, 5.74) is 4.38. The molecule has 0 aliphatic rings. The SMILES string of the molecule is CC(=N)OCCc1ccc(-c2nc[nH]c2C)cc1. The number of aryl methyl sites for hydroxylation is 1. The van der Waals surface area contributed by atoms with E-state index in [0.717, 1.165) is 23.4 Å². The predicted octanol–water partition coefficient (Wildman–Crippen LogP) is 2.94. The average Bonchev–Trinajstić information content (AvgIpc) is 2.76. The maximum atomic E-state index is 7.18. The Labute approximate surface area is 107 Å². The van der Waals surface area contributed by atoms with Gasteiger partial charge in [0.1, 0.15) is 0 Å². The Morgan fingerprint density at radius 2 is 2.06 bits per heavy atom. The third kappa shape index (κ3) is 2.97. The summed E-state index contributed by atoms with van der Waals surface area (Å²) in [5, 5.41) is 7.18. The highest BCUT2D eigenvalue weighted by atomic mass is 16.5. The lowest BCUT2D eigenvalue weighted by Crippen LogP contribution is -2.02. The Hall–Kier alpha value is -2.10. The van der Waals surface area contributed by atoms with Gasteiger partial charge in [-0.15, -0.1) is 0 Å². The second-order valence-electron chi connectivity index (χ2n) is 4.23. The first-order valence-electron chi connectivity index (χ1n) is 5.94. The molecule has 18 heavy (non-hydrogen) atoms. The maximum Gasteiger partial charge on any atom is 0.177 e. The summed E-state index contributed by atoms with van der Waals surface area (Å²) in [4.78, 5) is 7.37. The molecule has 2 rings (SSSR count). The van der Waals surface area contributed by atoms with E-state index in [4.69, 9.17) is 10.1 Å². The van der Waals surface area contributed by atoms with Crippen molar-refractivity contribution in [2.45, 2.75) is 20.3 Å². The monoisotopic (exact) mass is 243 g/mol. The van der Waals surface area contributed by atoms with Gasteiger partial charge in [0.2, 0.25) is 0 Å². The molecule has 2 N–H and O–H groups in total. The van der Waals surface area contributed by atoms with Crippen molar-refractivity contribution in [3.05, 3.63) is 41.9 Å². The molecular weight excluding hydrogens is 226 g/mol. The molecule has 94 valence electrons. The van der Waals surface area contributed by atoms with E-state index in [9.17, 15) is 0 Å². The van der Waals surface area contributed by atoms with Crippen molar-refractivity contribution in [1.29, 1.82) is 5.41 Å². The molecule has 4 heteroatoms. The number of aromatic nitrogens is 2. The van der Waals surface area contributed by atoms with Crippen LogP contribution in [0.4, 0.5) is 0 Å². The van der Waals surface area contributed by atoms with Gasteiger partial charge in [0.15, 0.2) is 5.90 Å². The van der Waals surface area contributed by atoms with E-state index in [2.05, 4.69) is 34.2 Å². The molecule has 0 saturated carbocycles. The lowest BCUT2D eigenvalue weighted by molar-refractivity contribution is 0.304. The third-order valence-corrected chi connectivity index (χ3v) is 2.77. The van der Waals surface area contributed by atoms with E-state index >= 15 is 0 Å². The van der Waals surface area contributed by atoms with Crippen LogP contribution in [-0.2, 0) is 11.2 Å². The van der Waals surface area contributed by atoms with Crippen LogP contribution in [-0.4, -0.2) is 22.5 Å². The quantitative estimate of drug-likeness (QED) is 0.640. The standard InChI is InChI=1S/C14H17N3O/c1-10-14(17-9-16-10)13-5-3-12(4-6-13)7-8-18-11(2)15/h3-6,9,15H,7-8H2,1-2H3,(H,16,17). The van der Waals surface area contributed by atoms with Gasteiger partial charge in [-0.2, -0.15) is 0 Å². The number of nitrogens with one attached hydrogen (secondary N) is 2. The van der Waals surface area contributed by atoms with Crippen LogP contribution in [0.3, 0.4) is 0 Å². The minimum atomic E-state index is 0.263. The Kier molecular flexibility index (Phi) is 3.77. The molecule has 1 heterocycles. The molecule has 0 saturated heterocycles. The van der Waals surface area contributed by atoms with Crippen molar-refractivity contribution in [3.63, 3.8) is 0 Å². The first-order valence-corrected chi connectivity index (χ1v) is 5.94. The van der Waals surface area contributed by atoms with Gasteiger partial charge in [0.25, 0.3) is 0 Å². The molecule has 0 bridgehead atoms. The van der Waals surface area contributed by atoms with Crippen LogP contribution in [0.1, 0.15) is 18.2 Å². The largest absolute Gasteiger partial charge is 0.481 e. The highest BCUT2D eigenvalue weighted by Gasteiger charge is 2.04. The molecule has 0 aliphatic carbocycles. The van der Waals surface area contributed by atoms with Gasteiger partial charge in [-0.05, 0) is 12.5 Å². The van der Waals surface area contributed by atoms with Crippen LogP contribution in [0, 0.1) is 12.3 Å². The predicted molar refractivity (Wildman–Crippen MR) is 71.8 cm³/mol. The molecule has 0 amide bonds. The zero-order chi connectivity index (χ0) is 13.0. The smallest absolute Gasteiger partial charge is 0.177 e. The van der Waals surface area contributed by atoms with E-state index < -0.39 is 0 Å². The fourth-order valence-electron chi connectivity index (χ4n) is 1.80. The normalized spacial score (nSPS) is 10.3. The van der Waals surface area contributed by atoms with Crippen LogP contribution >= 0.6 is 0 Å². The van der Waals surface area contributed by atoms with E-state index in [1.54, 1.807) is 13.3 Å². The lowest BCUT2D eigenvalue weighted by Gasteiger charge is -2.05. The minimum Gasteiger partial charge on any atom is -0.481 e. The molecule has 1 aromatic heterocycles. The van der Waals surface area contributed by atoms with Crippen molar-refractivity contribution in [2.75, 3.05) is 6.61 Å². The molecule has 0 fully saturated rings. The Bertz CT molecular complexity index is 528. The fraction of sp³-hybridized carbons (Fsp3) is 0.286. The van der Waals surface area contributed by atoms with Gasteiger partial charge < -0.3 is 9.72 Å². The second-order valence-corrected chi connectivity index (χ2v) is 4.23. The lowest BCUT2D eigenvalue weighted by atomic mass is 10.1. The molecule has 4 nitrogen and oxygen atoms in total. The average molecular weight is 243 g/mol. The summed E-state index contributed by atoms with van der Waals surface area (Å²) in [5.74, 6) is 0.263. The highest BCUT2D eigenvalue weighted by molar-refractivity contribution is 5.69. The van der Waals surface area contributed by atoms with Gasteiger partial charge in [0, 0.05) is 24.6 Å². The molecule has 2 aromatic rings. The maximum absolute atomic E-state index is 7.18. The minimum absolute atomic E-state index is 0.263. The first-order chi connectivity index (χ1) is 8.66. The summed E-state index contributed by atoms with van der Waals surface area (Å²) < 4.78 is 5.13. The van der Waals surface area contributed by atoms with Crippen molar-refractivity contribution in [3.8, 4) is 11.3 Å². The van der Waals surface area contributed by atoms with Gasteiger partial charge in [-0.25, -0.2) is 4.98 Å². The van der Waals surface area contributed by atoms with E-state index in [1.165, 1.54) is 5.56 Å². The molecular formula is C14H17N3O. The molecule has 1 aromatic carbocycles. The van der Waals surface area contributed by atoms with Crippen LogP contribution in [0.15, 0.2) is 30.6 Å². The van der Waals surface area contributed by atoms with Crippen molar-refractivity contribution < 1.29 is 4.74 Å². The van der Waals surface area contributed by atoms with Crippen LogP contribution in [0.5, 0.6) is 0 Å². The summed E-state index contributed by atoms with van der Waals surface area (Å²) in [6.45, 7) is 4.20. The number of H-pyrrole nitrogens is 1. The molecule has 0 spiro atoms. The summed E-state index contributed by atoms with van der Waals surface area (Å²) >= 11 is 0. The number of hydrogen-bond donors (Lipinski definition) is 2. The van der Waals surface area contributed by atoms with E-state index in [-0.39, 0.29) is 5.90 Å². The molecule has 0 atom stereocenters. The van der Waals surface area contributed by atoms with Gasteiger partial charge in [-0.3, -0.25) is 5.41 Å². The summed E-state index contributed by atoms with van der Waals surface area (Å²) in [6.07, 6.45) is 2.52. The topological polar surface area (TPSA) is 61.8 Å². The number of hydrogen-bond acceptors (Lipinski definition) is 3. The number of aromatic amines is 1. The van der Waals surface area contributed by atoms with Crippen LogP contribution < -0.4 is 0 Å². The number of benzene rings is 1. The van der Waals surface area contributed by atoms with Crippen LogP contribution in [0.25, 0.3) is 11.3 Å². The zero-order valence-corrected chi connectivity index (χ0v) is 10.7. The third-order valence-electron chi connectivity index (χ3n) is 2.77. The van der Waals surface area contributed by atoms with E-state index in [0.29, 0.717) is 6.61 Å². The number of nitrogens with zero attached hydrogens (tertiary/aromatic N) is 1. The van der Waals surface area contributed by atoms with Gasteiger partial charge in [0.05, 0.1) is 18.6 Å². The number of rotatable bonds is 4. The Morgan fingerprint density at radius 1 is 1.33 bits per heavy atom. The van der Waals surface area contributed by atoms with Crippen LogP contribution in [0.2, 0.25) is 0 Å². The summed E-state index contributed by atoms with van der Waals surface area (Å²) in [7, 11) is 0.